The third-order valence-electron chi connectivity index (χ3n) is 4.10. The smallest absolute Gasteiger partial charge is 0.248 e. The van der Waals surface area contributed by atoms with E-state index in [9.17, 15) is 9.59 Å². The Balaban J connectivity index is 2.07. The number of methoxy groups -OCH3 is 1. The predicted octanol–water partition coefficient (Wildman–Crippen LogP) is 0.930. The van der Waals surface area contributed by atoms with E-state index in [1.807, 2.05) is 6.92 Å². The van der Waals surface area contributed by atoms with Crippen LogP contribution < -0.4 is 5.32 Å². The molecule has 1 N–H and O–H groups in total. The van der Waals surface area contributed by atoms with Gasteiger partial charge in [0.2, 0.25) is 11.8 Å². The molecule has 1 heterocycles. The fourth-order valence-corrected chi connectivity index (χ4v) is 3.26. The molecule has 5 nitrogen and oxygen atoms in total. The van der Waals surface area contributed by atoms with E-state index in [4.69, 9.17) is 4.74 Å². The van der Waals surface area contributed by atoms with Gasteiger partial charge in [-0.15, -0.1) is 0 Å². The van der Waals surface area contributed by atoms with Crippen LogP contribution in [0.25, 0.3) is 0 Å². The van der Waals surface area contributed by atoms with Crippen LogP contribution >= 0.6 is 0 Å². The minimum Gasteiger partial charge on any atom is -0.384 e. The molecule has 1 unspecified atom stereocenters. The molecule has 5 heteroatoms. The minimum atomic E-state index is -0.611. The van der Waals surface area contributed by atoms with E-state index in [-0.39, 0.29) is 24.3 Å². The molecule has 19 heavy (non-hydrogen) atoms. The first-order valence-electron chi connectivity index (χ1n) is 7.17. The normalized spacial score (nSPS) is 24.4. The molecule has 0 bridgehead atoms. The van der Waals surface area contributed by atoms with Gasteiger partial charge in [-0.1, -0.05) is 26.2 Å². The van der Waals surface area contributed by atoms with Crippen molar-refractivity contribution in [2.24, 2.45) is 5.92 Å². The van der Waals surface area contributed by atoms with Crippen LogP contribution in [-0.2, 0) is 14.3 Å². The topological polar surface area (TPSA) is 58.6 Å². The van der Waals surface area contributed by atoms with Crippen molar-refractivity contribution in [3.63, 3.8) is 0 Å². The predicted molar refractivity (Wildman–Crippen MR) is 71.6 cm³/mol. The molecule has 2 amide bonds. The van der Waals surface area contributed by atoms with Gasteiger partial charge in [-0.05, 0) is 18.8 Å². The number of piperazine rings is 1. The number of amides is 2. The van der Waals surface area contributed by atoms with Crippen molar-refractivity contribution in [1.82, 2.24) is 10.2 Å². The summed E-state index contributed by atoms with van der Waals surface area (Å²) in [4.78, 5) is 26.3. The van der Waals surface area contributed by atoms with Crippen LogP contribution in [-0.4, -0.2) is 49.1 Å². The lowest BCUT2D eigenvalue weighted by Crippen LogP contribution is -2.67. The fraction of sp³-hybridized carbons (Fsp3) is 0.857. The molecule has 1 saturated carbocycles. The highest BCUT2D eigenvalue weighted by Gasteiger charge is 2.46. The highest BCUT2D eigenvalue weighted by molar-refractivity contribution is 5.98. The average molecular weight is 268 g/mol. The van der Waals surface area contributed by atoms with Gasteiger partial charge in [0.15, 0.2) is 0 Å². The van der Waals surface area contributed by atoms with Gasteiger partial charge in [0, 0.05) is 13.7 Å². The summed E-state index contributed by atoms with van der Waals surface area (Å²) >= 11 is 0. The molecule has 2 aliphatic rings. The van der Waals surface area contributed by atoms with E-state index in [1.165, 1.54) is 0 Å². The number of carbonyl (C=O) groups excluding carboxylic acids is 2. The monoisotopic (exact) mass is 268 g/mol. The van der Waals surface area contributed by atoms with Gasteiger partial charge in [0.05, 0.1) is 13.2 Å². The SMILES string of the molecule is COCC(C)CN1CC(=O)NC2(CCCCC2)C1=O. The molecule has 1 aliphatic heterocycles. The van der Waals surface area contributed by atoms with Crippen LogP contribution in [0.4, 0.5) is 0 Å². The van der Waals surface area contributed by atoms with E-state index in [1.54, 1.807) is 12.0 Å². The highest BCUT2D eigenvalue weighted by Crippen LogP contribution is 2.32. The number of hydrogen-bond donors (Lipinski definition) is 1. The van der Waals surface area contributed by atoms with Crippen molar-refractivity contribution in [1.29, 1.82) is 0 Å². The van der Waals surface area contributed by atoms with Crippen molar-refractivity contribution in [3.05, 3.63) is 0 Å². The third kappa shape index (κ3) is 3.08. The van der Waals surface area contributed by atoms with E-state index in [0.717, 1.165) is 32.1 Å². The summed E-state index contributed by atoms with van der Waals surface area (Å²) < 4.78 is 5.11. The maximum absolute atomic E-state index is 12.7. The number of rotatable bonds is 4. The van der Waals surface area contributed by atoms with Crippen LogP contribution in [0.3, 0.4) is 0 Å². The second kappa shape index (κ2) is 5.90. The number of hydrogen-bond acceptors (Lipinski definition) is 3. The number of ether oxygens (including phenoxy) is 1. The van der Waals surface area contributed by atoms with E-state index in [0.29, 0.717) is 13.2 Å². The Labute approximate surface area is 114 Å². The van der Waals surface area contributed by atoms with Crippen LogP contribution in [0.1, 0.15) is 39.0 Å². The Bertz CT molecular complexity index is 351. The largest absolute Gasteiger partial charge is 0.384 e. The molecular weight excluding hydrogens is 244 g/mol. The third-order valence-corrected chi connectivity index (χ3v) is 4.10. The fourth-order valence-electron chi connectivity index (χ4n) is 3.26. The van der Waals surface area contributed by atoms with Crippen molar-refractivity contribution in [2.45, 2.75) is 44.6 Å². The molecule has 1 saturated heterocycles. The van der Waals surface area contributed by atoms with Crippen LogP contribution in [0.15, 0.2) is 0 Å². The molecule has 0 aromatic rings. The maximum Gasteiger partial charge on any atom is 0.248 e. The Morgan fingerprint density at radius 2 is 2.00 bits per heavy atom. The van der Waals surface area contributed by atoms with Crippen molar-refractivity contribution >= 4 is 11.8 Å². The van der Waals surface area contributed by atoms with Crippen molar-refractivity contribution in [2.75, 3.05) is 26.8 Å². The molecule has 1 aliphatic carbocycles. The molecule has 108 valence electrons. The zero-order valence-electron chi connectivity index (χ0n) is 11.9. The second-order valence-electron chi connectivity index (χ2n) is 5.94. The molecule has 0 radical (unpaired) electrons. The zero-order chi connectivity index (χ0) is 13.9. The van der Waals surface area contributed by atoms with Gasteiger partial charge in [-0.25, -0.2) is 0 Å². The molecule has 1 atom stereocenters. The molecule has 1 spiro atoms. The molecule has 0 aromatic carbocycles. The summed E-state index contributed by atoms with van der Waals surface area (Å²) in [5, 5.41) is 2.96. The number of nitrogens with one attached hydrogen (secondary N) is 1. The Morgan fingerprint density at radius 3 is 2.63 bits per heavy atom. The average Bonchev–Trinajstić information content (AvgIpc) is 2.37. The van der Waals surface area contributed by atoms with Crippen LogP contribution in [0.5, 0.6) is 0 Å². The van der Waals surface area contributed by atoms with E-state index in [2.05, 4.69) is 5.32 Å². The molecule has 2 fully saturated rings. The quantitative estimate of drug-likeness (QED) is 0.825. The van der Waals surface area contributed by atoms with Gasteiger partial charge >= 0.3 is 0 Å². The van der Waals surface area contributed by atoms with Gasteiger partial charge in [0.1, 0.15) is 5.54 Å². The first kappa shape index (κ1) is 14.3. The minimum absolute atomic E-state index is 0.0221. The first-order valence-corrected chi connectivity index (χ1v) is 7.17. The second-order valence-corrected chi connectivity index (χ2v) is 5.94. The molecule has 2 rings (SSSR count). The Morgan fingerprint density at radius 1 is 1.32 bits per heavy atom. The van der Waals surface area contributed by atoms with Crippen molar-refractivity contribution in [3.8, 4) is 0 Å². The lowest BCUT2D eigenvalue weighted by atomic mass is 9.79. The lowest BCUT2D eigenvalue weighted by molar-refractivity contribution is -0.152. The van der Waals surface area contributed by atoms with Crippen LogP contribution in [0.2, 0.25) is 0 Å². The summed E-state index contributed by atoms with van der Waals surface area (Å²) in [5.41, 5.74) is -0.611. The number of carbonyl (C=O) groups is 2. The summed E-state index contributed by atoms with van der Waals surface area (Å²) in [6.07, 6.45) is 4.77. The summed E-state index contributed by atoms with van der Waals surface area (Å²) in [5.74, 6) is 0.335. The molecular formula is C14H24N2O3. The summed E-state index contributed by atoms with van der Waals surface area (Å²) in [7, 11) is 1.66. The number of nitrogens with zero attached hydrogens (tertiary/aromatic N) is 1. The summed E-state index contributed by atoms with van der Waals surface area (Å²) in [6, 6.07) is 0. The maximum atomic E-state index is 12.7. The highest BCUT2D eigenvalue weighted by atomic mass is 16.5. The van der Waals surface area contributed by atoms with Gasteiger partial charge in [-0.2, -0.15) is 0 Å². The first-order chi connectivity index (χ1) is 9.07. The van der Waals surface area contributed by atoms with Crippen LogP contribution in [0, 0.1) is 5.92 Å². The van der Waals surface area contributed by atoms with Gasteiger partial charge in [0.25, 0.3) is 0 Å². The Kier molecular flexibility index (Phi) is 4.45. The van der Waals surface area contributed by atoms with Crippen molar-refractivity contribution < 1.29 is 14.3 Å². The zero-order valence-corrected chi connectivity index (χ0v) is 11.9. The standard InChI is InChI=1S/C14H24N2O3/c1-11(10-19-2)8-16-9-12(17)15-14(13(16)18)6-4-3-5-7-14/h11H,3-10H2,1-2H3,(H,15,17). The van der Waals surface area contributed by atoms with E-state index >= 15 is 0 Å². The molecule has 0 aromatic heterocycles. The van der Waals surface area contributed by atoms with Gasteiger partial charge in [-0.3, -0.25) is 9.59 Å². The lowest BCUT2D eigenvalue weighted by Gasteiger charge is -2.44. The summed E-state index contributed by atoms with van der Waals surface area (Å²) in [6.45, 7) is 3.44. The Hall–Kier alpha value is -1.10. The van der Waals surface area contributed by atoms with Gasteiger partial charge < -0.3 is 15.0 Å². The van der Waals surface area contributed by atoms with E-state index < -0.39 is 5.54 Å².